The van der Waals surface area contributed by atoms with E-state index in [1.807, 2.05) is 0 Å². The van der Waals surface area contributed by atoms with Gasteiger partial charge in [0.15, 0.2) is 5.82 Å². The molecule has 0 fully saturated rings. The highest BCUT2D eigenvalue weighted by Crippen LogP contribution is 2.07. The maximum Gasteiger partial charge on any atom is 0.251 e. The van der Waals surface area contributed by atoms with Crippen molar-refractivity contribution in [2.75, 3.05) is 5.32 Å². The summed E-state index contributed by atoms with van der Waals surface area (Å²) < 4.78 is 4.75. The summed E-state index contributed by atoms with van der Waals surface area (Å²) in [5, 5.41) is 6.11. The van der Waals surface area contributed by atoms with Crippen molar-refractivity contribution in [1.82, 2.24) is 5.16 Å². The molecule has 1 aromatic rings. The Bertz CT molecular complexity index is 315. The smallest absolute Gasteiger partial charge is 0.251 e. The molecule has 0 spiro atoms. The summed E-state index contributed by atoms with van der Waals surface area (Å²) in [6.07, 6.45) is 0. The van der Waals surface area contributed by atoms with Crippen LogP contribution in [-0.2, 0) is 4.79 Å². The molecule has 1 heterocycles. The Morgan fingerprint density at radius 3 is 2.83 bits per heavy atom. The van der Waals surface area contributed by atoms with Gasteiger partial charge in [-0.05, 0) is 13.8 Å². The number of carbonyl (C=O) groups excluding carboxylic acids is 1. The zero-order valence-corrected chi connectivity index (χ0v) is 7.05. The first kappa shape index (κ1) is 8.52. The molecule has 1 aromatic heterocycles. The van der Waals surface area contributed by atoms with E-state index in [2.05, 4.69) is 17.1 Å². The van der Waals surface area contributed by atoms with E-state index in [9.17, 15) is 4.79 Å². The molecule has 0 aliphatic heterocycles. The normalized spacial score (nSPS) is 9.50. The minimum Gasteiger partial charge on any atom is -0.360 e. The number of anilines is 1. The molecule has 1 amide bonds. The number of hydrogen-bond donors (Lipinski definition) is 1. The fourth-order valence-corrected chi connectivity index (χ4v) is 0.648. The molecule has 0 bridgehead atoms. The van der Waals surface area contributed by atoms with Gasteiger partial charge in [0, 0.05) is 11.6 Å². The molecule has 4 heteroatoms. The quantitative estimate of drug-likeness (QED) is 0.677. The van der Waals surface area contributed by atoms with Crippen LogP contribution in [0.4, 0.5) is 5.82 Å². The van der Waals surface area contributed by atoms with Gasteiger partial charge in [0.05, 0.1) is 0 Å². The van der Waals surface area contributed by atoms with Crippen molar-refractivity contribution in [3.8, 4) is 0 Å². The summed E-state index contributed by atoms with van der Waals surface area (Å²) in [5.41, 5.74) is 0.440. The molecule has 0 saturated carbocycles. The Morgan fingerprint density at radius 2 is 2.42 bits per heavy atom. The van der Waals surface area contributed by atoms with Crippen LogP contribution in [0, 0.1) is 6.92 Å². The molecule has 12 heavy (non-hydrogen) atoms. The van der Waals surface area contributed by atoms with Crippen molar-refractivity contribution >= 4 is 11.7 Å². The van der Waals surface area contributed by atoms with E-state index in [4.69, 9.17) is 4.52 Å². The average Bonchev–Trinajstić information content (AvgIpc) is 2.35. The summed E-state index contributed by atoms with van der Waals surface area (Å²) >= 11 is 0. The Kier molecular flexibility index (Phi) is 2.28. The Labute approximate surface area is 70.2 Å². The summed E-state index contributed by atoms with van der Waals surface area (Å²) in [4.78, 5) is 11.0. The predicted molar refractivity (Wildman–Crippen MR) is 44.7 cm³/mol. The molecule has 0 aromatic carbocycles. The van der Waals surface area contributed by atoms with Gasteiger partial charge in [0.1, 0.15) is 5.76 Å². The minimum atomic E-state index is -0.247. The molecule has 0 atom stereocenters. The summed E-state index contributed by atoms with van der Waals surface area (Å²) in [7, 11) is 0. The fraction of sp³-hybridized carbons (Fsp3) is 0.250. The van der Waals surface area contributed by atoms with Gasteiger partial charge in [-0.3, -0.25) is 4.79 Å². The van der Waals surface area contributed by atoms with Crippen LogP contribution in [0.5, 0.6) is 0 Å². The van der Waals surface area contributed by atoms with Gasteiger partial charge >= 0.3 is 0 Å². The van der Waals surface area contributed by atoms with Crippen LogP contribution < -0.4 is 5.32 Å². The molecule has 0 aliphatic rings. The highest BCUT2D eigenvalue weighted by atomic mass is 16.5. The molecule has 0 saturated heterocycles. The van der Waals surface area contributed by atoms with Crippen molar-refractivity contribution in [2.24, 2.45) is 0 Å². The maximum absolute atomic E-state index is 11.0. The third-order valence-electron chi connectivity index (χ3n) is 1.26. The molecule has 4 nitrogen and oxygen atoms in total. The lowest BCUT2D eigenvalue weighted by Gasteiger charge is -1.97. The number of rotatable bonds is 2. The van der Waals surface area contributed by atoms with Crippen LogP contribution in [0.25, 0.3) is 0 Å². The first-order valence-corrected chi connectivity index (χ1v) is 3.50. The second-order valence-corrected chi connectivity index (χ2v) is 2.56. The fourth-order valence-electron chi connectivity index (χ4n) is 0.648. The minimum absolute atomic E-state index is 0.247. The first-order valence-electron chi connectivity index (χ1n) is 3.50. The van der Waals surface area contributed by atoms with Crippen molar-refractivity contribution in [3.05, 3.63) is 24.0 Å². The van der Waals surface area contributed by atoms with E-state index in [0.29, 0.717) is 17.2 Å². The lowest BCUT2D eigenvalue weighted by Crippen LogP contribution is -2.11. The van der Waals surface area contributed by atoms with Gasteiger partial charge in [-0.1, -0.05) is 11.7 Å². The van der Waals surface area contributed by atoms with E-state index in [1.54, 1.807) is 19.9 Å². The zero-order chi connectivity index (χ0) is 9.14. The van der Waals surface area contributed by atoms with Crippen LogP contribution in [0.3, 0.4) is 0 Å². The van der Waals surface area contributed by atoms with Crippen LogP contribution in [-0.4, -0.2) is 11.1 Å². The second-order valence-electron chi connectivity index (χ2n) is 2.56. The predicted octanol–water partition coefficient (Wildman–Crippen LogP) is 1.50. The monoisotopic (exact) mass is 166 g/mol. The van der Waals surface area contributed by atoms with E-state index >= 15 is 0 Å². The van der Waals surface area contributed by atoms with E-state index in [0.717, 1.165) is 0 Å². The maximum atomic E-state index is 11.0. The number of hydrogen-bond acceptors (Lipinski definition) is 3. The zero-order valence-electron chi connectivity index (χ0n) is 7.05. The van der Waals surface area contributed by atoms with Gasteiger partial charge in [0.2, 0.25) is 0 Å². The molecule has 0 unspecified atom stereocenters. The number of aromatic nitrogens is 1. The molecule has 0 aliphatic carbocycles. The molecule has 1 rings (SSSR count). The van der Waals surface area contributed by atoms with Gasteiger partial charge in [-0.2, -0.15) is 0 Å². The van der Waals surface area contributed by atoms with Crippen LogP contribution in [0.1, 0.15) is 12.7 Å². The third-order valence-corrected chi connectivity index (χ3v) is 1.26. The molecule has 1 N–H and O–H groups in total. The van der Waals surface area contributed by atoms with Crippen molar-refractivity contribution in [3.63, 3.8) is 0 Å². The molecule has 64 valence electrons. The summed E-state index contributed by atoms with van der Waals surface area (Å²) in [6.45, 7) is 6.87. The second kappa shape index (κ2) is 3.21. The number of amides is 1. The SMILES string of the molecule is C=C(C)C(=O)Nc1cc(C)on1. The van der Waals surface area contributed by atoms with E-state index in [-0.39, 0.29) is 5.91 Å². The topological polar surface area (TPSA) is 55.1 Å². The Hall–Kier alpha value is -1.58. The van der Waals surface area contributed by atoms with Crippen molar-refractivity contribution in [2.45, 2.75) is 13.8 Å². The first-order chi connectivity index (χ1) is 5.59. The standard InChI is InChI=1S/C8H10N2O2/c1-5(2)8(11)9-7-4-6(3)12-10-7/h4H,1H2,2-3H3,(H,9,10,11). The van der Waals surface area contributed by atoms with Gasteiger partial charge in [-0.15, -0.1) is 0 Å². The van der Waals surface area contributed by atoms with Crippen LogP contribution in [0.2, 0.25) is 0 Å². The average molecular weight is 166 g/mol. The van der Waals surface area contributed by atoms with Crippen molar-refractivity contribution in [1.29, 1.82) is 0 Å². The Balaban J connectivity index is 2.64. The van der Waals surface area contributed by atoms with Gasteiger partial charge in [0.25, 0.3) is 5.91 Å². The number of carbonyl (C=O) groups is 1. The van der Waals surface area contributed by atoms with Gasteiger partial charge in [-0.25, -0.2) is 0 Å². The Morgan fingerprint density at radius 1 is 1.75 bits per heavy atom. The summed E-state index contributed by atoms with van der Waals surface area (Å²) in [6, 6.07) is 1.64. The molecule has 0 radical (unpaired) electrons. The lowest BCUT2D eigenvalue weighted by atomic mass is 10.3. The van der Waals surface area contributed by atoms with Crippen LogP contribution in [0.15, 0.2) is 22.7 Å². The third kappa shape index (κ3) is 1.95. The largest absolute Gasteiger partial charge is 0.360 e. The van der Waals surface area contributed by atoms with Crippen molar-refractivity contribution < 1.29 is 9.32 Å². The highest BCUT2D eigenvalue weighted by Gasteiger charge is 2.05. The van der Waals surface area contributed by atoms with E-state index in [1.165, 1.54) is 0 Å². The number of nitrogens with zero attached hydrogens (tertiary/aromatic N) is 1. The molecular formula is C8H10N2O2. The molecular weight excluding hydrogens is 156 g/mol. The lowest BCUT2D eigenvalue weighted by molar-refractivity contribution is -0.112. The highest BCUT2D eigenvalue weighted by molar-refractivity contribution is 6.02. The number of aryl methyl sites for hydroxylation is 1. The van der Waals surface area contributed by atoms with Crippen LogP contribution >= 0.6 is 0 Å². The summed E-state index contributed by atoms with van der Waals surface area (Å²) in [5.74, 6) is 0.829. The van der Waals surface area contributed by atoms with Gasteiger partial charge < -0.3 is 9.84 Å². The van der Waals surface area contributed by atoms with E-state index < -0.39 is 0 Å². The number of nitrogens with one attached hydrogen (secondary N) is 1.